The largest absolute Gasteiger partial charge is 0.340 e. The third-order valence-corrected chi connectivity index (χ3v) is 6.66. The average molecular weight is 420 g/mol. The molecule has 0 saturated carbocycles. The van der Waals surface area contributed by atoms with Crippen LogP contribution in [0.25, 0.3) is 16.3 Å². The predicted molar refractivity (Wildman–Crippen MR) is 126 cm³/mol. The number of nitrogens with zero attached hydrogens (tertiary/aromatic N) is 3. The van der Waals surface area contributed by atoms with Crippen molar-refractivity contribution in [3.63, 3.8) is 0 Å². The third kappa shape index (κ3) is 5.77. The molecule has 0 N–H and O–H groups in total. The Balaban J connectivity index is 1.13. The second kappa shape index (κ2) is 10.5. The van der Waals surface area contributed by atoms with E-state index in [0.717, 1.165) is 57.5 Å². The molecule has 3 aromatic rings. The van der Waals surface area contributed by atoms with E-state index in [1.807, 2.05) is 17.0 Å². The molecular weight excluding hydrogens is 390 g/mol. The van der Waals surface area contributed by atoms with Crippen molar-refractivity contribution in [3.8, 4) is 0 Å². The van der Waals surface area contributed by atoms with Gasteiger partial charge in [0, 0.05) is 39.1 Å². The fourth-order valence-corrected chi connectivity index (χ4v) is 4.83. The molecule has 1 aliphatic rings. The summed E-state index contributed by atoms with van der Waals surface area (Å²) in [5.41, 5.74) is 2.32. The minimum atomic E-state index is 0.304. The first-order valence-electron chi connectivity index (χ1n) is 10.8. The van der Waals surface area contributed by atoms with E-state index in [-0.39, 0.29) is 0 Å². The summed E-state index contributed by atoms with van der Waals surface area (Å²) in [6.07, 6.45) is 7.97. The van der Waals surface area contributed by atoms with Crippen molar-refractivity contribution in [1.29, 1.82) is 0 Å². The maximum Gasteiger partial charge on any atom is 0.222 e. The van der Waals surface area contributed by atoms with Crippen LogP contribution in [-0.4, -0.2) is 53.4 Å². The van der Waals surface area contributed by atoms with Crippen LogP contribution in [0.4, 0.5) is 0 Å². The van der Waals surface area contributed by atoms with E-state index in [9.17, 15) is 4.79 Å². The summed E-state index contributed by atoms with van der Waals surface area (Å²) in [6.45, 7) is 4.54. The number of unbranched alkanes of at least 4 members (excludes halogenated alkanes) is 1. The summed E-state index contributed by atoms with van der Waals surface area (Å²) in [6, 6.07) is 18.7. The van der Waals surface area contributed by atoms with Gasteiger partial charge in [-0.25, -0.2) is 4.98 Å². The highest BCUT2D eigenvalue weighted by Gasteiger charge is 2.19. The number of aromatic nitrogens is 1. The first-order chi connectivity index (χ1) is 14.8. The lowest BCUT2D eigenvalue weighted by atomic mass is 10.1. The summed E-state index contributed by atoms with van der Waals surface area (Å²) in [5.74, 6) is 0.304. The molecule has 0 spiro atoms. The normalized spacial score (nSPS) is 15.3. The summed E-state index contributed by atoms with van der Waals surface area (Å²) >= 11 is 1.77. The van der Waals surface area contributed by atoms with Gasteiger partial charge < -0.3 is 4.90 Å². The van der Waals surface area contributed by atoms with Crippen molar-refractivity contribution in [2.24, 2.45) is 0 Å². The molecule has 1 aliphatic heterocycles. The number of benzene rings is 2. The zero-order chi connectivity index (χ0) is 20.6. The summed E-state index contributed by atoms with van der Waals surface area (Å²) in [7, 11) is 0. The molecule has 2 aromatic carbocycles. The Kier molecular flexibility index (Phi) is 7.27. The summed E-state index contributed by atoms with van der Waals surface area (Å²) in [4.78, 5) is 21.7. The number of carbonyl (C=O) groups excluding carboxylic acids is 1. The number of amides is 1. The predicted octanol–water partition coefficient (Wildman–Crippen LogP) is 4.87. The van der Waals surface area contributed by atoms with Crippen molar-refractivity contribution in [2.75, 3.05) is 32.7 Å². The van der Waals surface area contributed by atoms with Crippen LogP contribution < -0.4 is 0 Å². The van der Waals surface area contributed by atoms with Gasteiger partial charge in [0.25, 0.3) is 0 Å². The van der Waals surface area contributed by atoms with E-state index in [2.05, 4.69) is 64.5 Å². The van der Waals surface area contributed by atoms with Gasteiger partial charge in [-0.3, -0.25) is 9.69 Å². The molecule has 4 rings (SSSR count). The Bertz CT molecular complexity index is 941. The molecule has 0 bridgehead atoms. The van der Waals surface area contributed by atoms with Gasteiger partial charge in [-0.2, -0.15) is 0 Å². The smallest absolute Gasteiger partial charge is 0.222 e. The van der Waals surface area contributed by atoms with Gasteiger partial charge in [0.15, 0.2) is 0 Å². The number of hydrogen-bond donors (Lipinski definition) is 0. The Morgan fingerprint density at radius 3 is 2.53 bits per heavy atom. The molecule has 1 saturated heterocycles. The number of rotatable bonds is 8. The van der Waals surface area contributed by atoms with E-state index in [1.165, 1.54) is 15.3 Å². The SMILES string of the molecule is O=C(CCCCc1nc2ccccc2s1)N1CCN(CC=Cc2ccccc2)CC1. The summed E-state index contributed by atoms with van der Waals surface area (Å²) < 4.78 is 1.25. The molecule has 2 heterocycles. The molecule has 1 amide bonds. The maximum absolute atomic E-state index is 12.5. The molecule has 156 valence electrons. The lowest BCUT2D eigenvalue weighted by Gasteiger charge is -2.34. The third-order valence-electron chi connectivity index (χ3n) is 5.57. The van der Waals surface area contributed by atoms with Gasteiger partial charge in [0.2, 0.25) is 5.91 Å². The van der Waals surface area contributed by atoms with Crippen LogP contribution in [0.15, 0.2) is 60.7 Å². The molecule has 0 radical (unpaired) electrons. The van der Waals surface area contributed by atoms with Crippen LogP contribution in [0.3, 0.4) is 0 Å². The molecule has 0 aliphatic carbocycles. The van der Waals surface area contributed by atoms with Crippen LogP contribution in [0, 0.1) is 0 Å². The van der Waals surface area contributed by atoms with Crippen LogP contribution in [0.2, 0.25) is 0 Å². The van der Waals surface area contributed by atoms with E-state index in [0.29, 0.717) is 12.3 Å². The van der Waals surface area contributed by atoms with Gasteiger partial charge >= 0.3 is 0 Å². The Labute approximate surface area is 182 Å². The number of hydrogen-bond acceptors (Lipinski definition) is 4. The fraction of sp³-hybridized carbons (Fsp3) is 0.360. The van der Waals surface area contributed by atoms with Gasteiger partial charge in [0.05, 0.1) is 15.2 Å². The highest BCUT2D eigenvalue weighted by atomic mass is 32.1. The van der Waals surface area contributed by atoms with E-state index < -0.39 is 0 Å². The fourth-order valence-electron chi connectivity index (χ4n) is 3.82. The second-order valence-corrected chi connectivity index (χ2v) is 8.89. The average Bonchev–Trinajstić information content (AvgIpc) is 3.21. The lowest BCUT2D eigenvalue weighted by Crippen LogP contribution is -2.48. The van der Waals surface area contributed by atoms with Crippen molar-refractivity contribution < 1.29 is 4.79 Å². The number of thiazole rings is 1. The Morgan fingerprint density at radius 1 is 0.967 bits per heavy atom. The first-order valence-corrected chi connectivity index (χ1v) is 11.7. The van der Waals surface area contributed by atoms with Crippen LogP contribution >= 0.6 is 11.3 Å². The lowest BCUT2D eigenvalue weighted by molar-refractivity contribution is -0.133. The van der Waals surface area contributed by atoms with Crippen molar-refractivity contribution in [1.82, 2.24) is 14.8 Å². The topological polar surface area (TPSA) is 36.4 Å². The quantitative estimate of drug-likeness (QED) is 0.489. The zero-order valence-electron chi connectivity index (χ0n) is 17.4. The highest BCUT2D eigenvalue weighted by Crippen LogP contribution is 2.23. The first kappa shape index (κ1) is 20.8. The Morgan fingerprint density at radius 2 is 1.73 bits per heavy atom. The minimum absolute atomic E-state index is 0.304. The molecular formula is C25H29N3OS. The second-order valence-electron chi connectivity index (χ2n) is 7.78. The van der Waals surface area contributed by atoms with Gasteiger partial charge in [-0.05, 0) is 37.0 Å². The maximum atomic E-state index is 12.5. The monoisotopic (exact) mass is 419 g/mol. The van der Waals surface area contributed by atoms with E-state index in [4.69, 9.17) is 0 Å². The van der Waals surface area contributed by atoms with E-state index in [1.54, 1.807) is 11.3 Å². The van der Waals surface area contributed by atoms with Crippen molar-refractivity contribution >= 4 is 33.5 Å². The van der Waals surface area contributed by atoms with Gasteiger partial charge in [0.1, 0.15) is 0 Å². The number of aryl methyl sites for hydroxylation is 1. The Hall–Kier alpha value is -2.50. The van der Waals surface area contributed by atoms with Gasteiger partial charge in [-0.1, -0.05) is 54.6 Å². The highest BCUT2D eigenvalue weighted by molar-refractivity contribution is 7.18. The van der Waals surface area contributed by atoms with Crippen LogP contribution in [-0.2, 0) is 11.2 Å². The molecule has 4 nitrogen and oxygen atoms in total. The molecule has 0 unspecified atom stereocenters. The number of para-hydroxylation sites is 1. The van der Waals surface area contributed by atoms with Gasteiger partial charge in [-0.15, -0.1) is 11.3 Å². The molecule has 1 fully saturated rings. The van der Waals surface area contributed by atoms with Crippen LogP contribution in [0.5, 0.6) is 0 Å². The number of piperazine rings is 1. The molecule has 0 atom stereocenters. The van der Waals surface area contributed by atoms with Crippen LogP contribution in [0.1, 0.15) is 29.8 Å². The number of fused-ring (bicyclic) bond motifs is 1. The molecule has 5 heteroatoms. The van der Waals surface area contributed by atoms with Crippen molar-refractivity contribution in [3.05, 3.63) is 71.2 Å². The molecule has 30 heavy (non-hydrogen) atoms. The standard InChI is InChI=1S/C25H29N3OS/c29-25(15-7-6-14-24-26-22-12-4-5-13-23(22)30-24)28-19-17-27(18-20-28)16-8-11-21-9-2-1-3-10-21/h1-5,8-13H,6-7,14-20H2. The summed E-state index contributed by atoms with van der Waals surface area (Å²) in [5, 5.41) is 1.18. The zero-order valence-corrected chi connectivity index (χ0v) is 18.2. The molecule has 1 aromatic heterocycles. The van der Waals surface area contributed by atoms with E-state index >= 15 is 0 Å². The number of carbonyl (C=O) groups is 1. The van der Waals surface area contributed by atoms with Crippen molar-refractivity contribution in [2.45, 2.75) is 25.7 Å². The minimum Gasteiger partial charge on any atom is -0.340 e.